The topological polar surface area (TPSA) is 87.3 Å². The van der Waals surface area contributed by atoms with E-state index in [0.29, 0.717) is 10.7 Å². The number of hydrogen-bond acceptors (Lipinski definition) is 3. The first-order valence-corrected chi connectivity index (χ1v) is 6.51. The highest BCUT2D eigenvalue weighted by Crippen LogP contribution is 2.20. The molecule has 1 saturated heterocycles. The van der Waals surface area contributed by atoms with E-state index in [1.807, 2.05) is 6.92 Å². The van der Waals surface area contributed by atoms with Crippen LogP contribution in [-0.2, 0) is 14.4 Å². The molecule has 1 aliphatic rings. The van der Waals surface area contributed by atoms with Crippen LogP contribution in [0.5, 0.6) is 0 Å². The van der Waals surface area contributed by atoms with Crippen LogP contribution in [-0.4, -0.2) is 17.7 Å². The van der Waals surface area contributed by atoms with Crippen molar-refractivity contribution in [3.63, 3.8) is 0 Å². The van der Waals surface area contributed by atoms with Crippen molar-refractivity contribution in [1.82, 2.24) is 10.9 Å². The smallest absolute Gasteiger partial charge is 0.251 e. The summed E-state index contributed by atoms with van der Waals surface area (Å²) in [5, 5.41) is 3.33. The Morgan fingerprint density at radius 1 is 1.30 bits per heavy atom. The number of aryl methyl sites for hydroxylation is 1. The Bertz CT molecular complexity index is 558. The zero-order valence-electron chi connectivity index (χ0n) is 10.8. The van der Waals surface area contributed by atoms with Crippen LogP contribution in [0.2, 0.25) is 5.02 Å². The Morgan fingerprint density at radius 3 is 2.55 bits per heavy atom. The molecular weight excluding hydrogens is 282 g/mol. The lowest BCUT2D eigenvalue weighted by molar-refractivity contribution is -0.128. The van der Waals surface area contributed by atoms with Gasteiger partial charge in [-0.05, 0) is 37.1 Å². The van der Waals surface area contributed by atoms with Gasteiger partial charge >= 0.3 is 0 Å². The van der Waals surface area contributed by atoms with Crippen LogP contribution in [0.4, 0.5) is 5.69 Å². The summed E-state index contributed by atoms with van der Waals surface area (Å²) in [7, 11) is 0. The van der Waals surface area contributed by atoms with Gasteiger partial charge in [0.2, 0.25) is 5.91 Å². The molecule has 106 valence electrons. The maximum Gasteiger partial charge on any atom is 0.251 e. The average Bonchev–Trinajstić information content (AvgIpc) is 2.70. The summed E-state index contributed by atoms with van der Waals surface area (Å²) in [6, 6.07) is 5.14. The molecule has 1 fully saturated rings. The van der Waals surface area contributed by atoms with Crippen LogP contribution in [0, 0.1) is 12.8 Å². The van der Waals surface area contributed by atoms with Crippen molar-refractivity contribution in [1.29, 1.82) is 0 Å². The van der Waals surface area contributed by atoms with Crippen molar-refractivity contribution >= 4 is 35.0 Å². The standard InChI is InChI=1S/C13H14ClN3O3/c1-7-6-8(14)2-4-10(7)15-11(18)5-3-9-12(19)16-17-13(9)20/h2,4,6,9H,3,5H2,1H3,(H,15,18)(H,16,19)(H,17,20). The number of hydrazine groups is 1. The van der Waals surface area contributed by atoms with Gasteiger partial charge in [0.25, 0.3) is 11.8 Å². The van der Waals surface area contributed by atoms with Gasteiger partial charge in [0.05, 0.1) is 0 Å². The molecular formula is C13H14ClN3O3. The largest absolute Gasteiger partial charge is 0.326 e. The van der Waals surface area contributed by atoms with E-state index in [1.54, 1.807) is 18.2 Å². The lowest BCUT2D eigenvalue weighted by atomic mass is 10.0. The van der Waals surface area contributed by atoms with Crippen molar-refractivity contribution in [3.05, 3.63) is 28.8 Å². The van der Waals surface area contributed by atoms with Gasteiger partial charge in [-0.1, -0.05) is 11.6 Å². The molecule has 1 aromatic carbocycles. The fourth-order valence-corrected chi connectivity index (χ4v) is 2.16. The maximum atomic E-state index is 11.8. The monoisotopic (exact) mass is 295 g/mol. The Hall–Kier alpha value is -2.08. The first-order valence-electron chi connectivity index (χ1n) is 6.13. The number of amides is 3. The Kier molecular flexibility index (Phi) is 4.24. The van der Waals surface area contributed by atoms with E-state index < -0.39 is 17.7 Å². The van der Waals surface area contributed by atoms with Crippen LogP contribution in [0.3, 0.4) is 0 Å². The molecule has 0 spiro atoms. The van der Waals surface area contributed by atoms with E-state index in [9.17, 15) is 14.4 Å². The van der Waals surface area contributed by atoms with E-state index >= 15 is 0 Å². The number of halogens is 1. The van der Waals surface area contributed by atoms with Crippen LogP contribution in [0.15, 0.2) is 18.2 Å². The van der Waals surface area contributed by atoms with Gasteiger partial charge in [-0.25, -0.2) is 0 Å². The highest BCUT2D eigenvalue weighted by atomic mass is 35.5. The third-order valence-electron chi connectivity index (χ3n) is 3.06. The summed E-state index contributed by atoms with van der Waals surface area (Å²) in [6.07, 6.45) is 0.268. The molecule has 0 saturated carbocycles. The first kappa shape index (κ1) is 14.3. The molecule has 0 unspecified atom stereocenters. The third-order valence-corrected chi connectivity index (χ3v) is 3.30. The first-order chi connectivity index (χ1) is 9.47. The molecule has 0 radical (unpaired) electrons. The summed E-state index contributed by atoms with van der Waals surface area (Å²) in [5.41, 5.74) is 5.96. The minimum Gasteiger partial charge on any atom is -0.326 e. The molecule has 0 bridgehead atoms. The number of carbonyl (C=O) groups is 3. The molecule has 1 aromatic rings. The van der Waals surface area contributed by atoms with Gasteiger partial charge in [-0.15, -0.1) is 0 Å². The number of rotatable bonds is 4. The van der Waals surface area contributed by atoms with Crippen molar-refractivity contribution in [2.75, 3.05) is 5.32 Å². The number of hydrogen-bond donors (Lipinski definition) is 3. The summed E-state index contributed by atoms with van der Waals surface area (Å²) in [6.45, 7) is 1.83. The third kappa shape index (κ3) is 3.27. The van der Waals surface area contributed by atoms with Crippen molar-refractivity contribution in [2.24, 2.45) is 5.92 Å². The average molecular weight is 296 g/mol. The van der Waals surface area contributed by atoms with Gasteiger partial charge in [-0.3, -0.25) is 25.2 Å². The molecule has 0 aromatic heterocycles. The van der Waals surface area contributed by atoms with Gasteiger partial charge in [0, 0.05) is 17.1 Å². The molecule has 6 nitrogen and oxygen atoms in total. The summed E-state index contributed by atoms with van der Waals surface area (Å²) in [4.78, 5) is 34.4. The number of carbonyl (C=O) groups excluding carboxylic acids is 3. The van der Waals surface area contributed by atoms with E-state index in [-0.39, 0.29) is 18.7 Å². The normalized spacial score (nSPS) is 14.9. The second kappa shape index (κ2) is 5.92. The number of nitrogens with one attached hydrogen (secondary N) is 3. The molecule has 7 heteroatoms. The SMILES string of the molecule is Cc1cc(Cl)ccc1NC(=O)CCC1C(=O)NNC1=O. The number of benzene rings is 1. The number of anilines is 1. The Morgan fingerprint density at radius 2 is 1.95 bits per heavy atom. The summed E-state index contributed by atoms with van der Waals surface area (Å²) < 4.78 is 0. The predicted molar refractivity (Wildman–Crippen MR) is 73.8 cm³/mol. The summed E-state index contributed by atoms with van der Waals surface area (Å²) in [5.74, 6) is -1.84. The van der Waals surface area contributed by atoms with Crippen molar-refractivity contribution in [2.45, 2.75) is 19.8 Å². The van der Waals surface area contributed by atoms with E-state index in [0.717, 1.165) is 5.56 Å². The predicted octanol–water partition coefficient (Wildman–Crippen LogP) is 1.14. The van der Waals surface area contributed by atoms with Gasteiger partial charge < -0.3 is 5.32 Å². The zero-order valence-corrected chi connectivity index (χ0v) is 11.6. The van der Waals surface area contributed by atoms with E-state index in [4.69, 9.17) is 11.6 Å². The summed E-state index contributed by atoms with van der Waals surface area (Å²) >= 11 is 5.83. The highest BCUT2D eigenvalue weighted by Gasteiger charge is 2.32. The van der Waals surface area contributed by atoms with Gasteiger partial charge in [-0.2, -0.15) is 0 Å². The minimum atomic E-state index is -0.799. The highest BCUT2D eigenvalue weighted by molar-refractivity contribution is 6.30. The van der Waals surface area contributed by atoms with Crippen LogP contribution >= 0.6 is 11.6 Å². The fraction of sp³-hybridized carbons (Fsp3) is 0.308. The lowest BCUT2D eigenvalue weighted by Crippen LogP contribution is -2.28. The van der Waals surface area contributed by atoms with Crippen molar-refractivity contribution in [3.8, 4) is 0 Å². The quantitative estimate of drug-likeness (QED) is 0.728. The van der Waals surface area contributed by atoms with E-state index in [2.05, 4.69) is 16.2 Å². The van der Waals surface area contributed by atoms with Crippen LogP contribution < -0.4 is 16.2 Å². The second-order valence-corrected chi connectivity index (χ2v) is 5.01. The molecule has 3 N–H and O–H groups in total. The molecule has 2 rings (SSSR count). The maximum absolute atomic E-state index is 11.8. The van der Waals surface area contributed by atoms with Crippen LogP contribution in [0.25, 0.3) is 0 Å². The Balaban J connectivity index is 1.89. The molecule has 0 aliphatic carbocycles. The van der Waals surface area contributed by atoms with Gasteiger partial charge in [0.1, 0.15) is 5.92 Å². The molecule has 1 aliphatic heterocycles. The van der Waals surface area contributed by atoms with Gasteiger partial charge in [0.15, 0.2) is 0 Å². The van der Waals surface area contributed by atoms with Crippen molar-refractivity contribution < 1.29 is 14.4 Å². The zero-order chi connectivity index (χ0) is 14.7. The lowest BCUT2D eigenvalue weighted by Gasteiger charge is -2.09. The molecule has 20 heavy (non-hydrogen) atoms. The second-order valence-electron chi connectivity index (χ2n) is 4.58. The minimum absolute atomic E-state index is 0.0908. The fourth-order valence-electron chi connectivity index (χ4n) is 1.93. The van der Waals surface area contributed by atoms with E-state index in [1.165, 1.54) is 0 Å². The Labute approximate surface area is 120 Å². The molecule has 3 amide bonds. The van der Waals surface area contributed by atoms with Crippen LogP contribution in [0.1, 0.15) is 18.4 Å². The molecule has 0 atom stereocenters. The molecule has 1 heterocycles.